The van der Waals surface area contributed by atoms with Crippen LogP contribution >= 0.6 is 0 Å². The number of nitrogens with zero attached hydrogens (tertiary/aromatic N) is 3. The Labute approximate surface area is 186 Å². The van der Waals surface area contributed by atoms with Gasteiger partial charge in [-0.1, -0.05) is 6.07 Å². The van der Waals surface area contributed by atoms with Crippen molar-refractivity contribution in [3.8, 4) is 22.8 Å². The van der Waals surface area contributed by atoms with Crippen molar-refractivity contribution in [3.05, 3.63) is 96.5 Å². The molecule has 2 heterocycles. The zero-order valence-electron chi connectivity index (χ0n) is 16.9. The van der Waals surface area contributed by atoms with Crippen LogP contribution in [0, 0.1) is 11.6 Å². The van der Waals surface area contributed by atoms with Crippen molar-refractivity contribution in [2.24, 2.45) is 0 Å². The van der Waals surface area contributed by atoms with Gasteiger partial charge in [0.25, 0.3) is 5.91 Å². The number of hydrogen-bond donors (Lipinski definition) is 2. The fourth-order valence-electron chi connectivity index (χ4n) is 3.21. The van der Waals surface area contributed by atoms with Crippen molar-refractivity contribution >= 4 is 22.6 Å². The van der Waals surface area contributed by atoms with Crippen molar-refractivity contribution < 1.29 is 18.3 Å². The standard InChI is InChI=1S/C24H15F2N5O2/c25-16-3-1-2-14(8-16)24(32)31-20-6-4-17(9-19(20)26)33-18-5-7-21-22(10-18)30-23(13-27-21)15-11-28-29-12-15/h1-13H,(H,28,29)(H,31,32). The highest BCUT2D eigenvalue weighted by Crippen LogP contribution is 2.28. The summed E-state index contributed by atoms with van der Waals surface area (Å²) in [5.41, 5.74) is 2.76. The summed E-state index contributed by atoms with van der Waals surface area (Å²) >= 11 is 0. The molecule has 0 unspecified atom stereocenters. The van der Waals surface area contributed by atoms with E-state index in [4.69, 9.17) is 4.74 Å². The predicted molar refractivity (Wildman–Crippen MR) is 118 cm³/mol. The first-order chi connectivity index (χ1) is 16.0. The highest BCUT2D eigenvalue weighted by atomic mass is 19.1. The number of carbonyl (C=O) groups excluding carboxylic acids is 1. The van der Waals surface area contributed by atoms with Crippen molar-refractivity contribution in [2.75, 3.05) is 5.32 Å². The van der Waals surface area contributed by atoms with Crippen LogP contribution < -0.4 is 10.1 Å². The smallest absolute Gasteiger partial charge is 0.255 e. The average Bonchev–Trinajstić information content (AvgIpc) is 3.35. The molecule has 5 aromatic rings. The van der Waals surface area contributed by atoms with Gasteiger partial charge in [0.15, 0.2) is 0 Å². The second-order valence-corrected chi connectivity index (χ2v) is 7.10. The van der Waals surface area contributed by atoms with E-state index < -0.39 is 17.5 Å². The molecule has 0 radical (unpaired) electrons. The molecule has 0 aliphatic carbocycles. The number of ether oxygens (including phenoxy) is 1. The van der Waals surface area contributed by atoms with Crippen LogP contribution in [0.25, 0.3) is 22.3 Å². The number of aromatic amines is 1. The minimum absolute atomic E-state index is 0.0502. The summed E-state index contributed by atoms with van der Waals surface area (Å²) < 4.78 is 33.7. The number of amides is 1. The lowest BCUT2D eigenvalue weighted by molar-refractivity contribution is 0.102. The average molecular weight is 443 g/mol. The lowest BCUT2D eigenvalue weighted by Crippen LogP contribution is -2.13. The Hall–Kier alpha value is -4.66. The summed E-state index contributed by atoms with van der Waals surface area (Å²) in [7, 11) is 0. The highest BCUT2D eigenvalue weighted by molar-refractivity contribution is 6.04. The van der Waals surface area contributed by atoms with Gasteiger partial charge in [-0.25, -0.2) is 13.8 Å². The number of H-pyrrole nitrogens is 1. The summed E-state index contributed by atoms with van der Waals surface area (Å²) in [6, 6.07) is 14.3. The quantitative estimate of drug-likeness (QED) is 0.382. The molecular formula is C24H15F2N5O2. The van der Waals surface area contributed by atoms with E-state index in [2.05, 4.69) is 25.5 Å². The molecule has 0 saturated carbocycles. The lowest BCUT2D eigenvalue weighted by Gasteiger charge is -2.10. The summed E-state index contributed by atoms with van der Waals surface area (Å²) in [5.74, 6) is -1.20. The number of aromatic nitrogens is 4. The van der Waals surface area contributed by atoms with Gasteiger partial charge < -0.3 is 10.1 Å². The molecule has 0 bridgehead atoms. The van der Waals surface area contributed by atoms with Gasteiger partial charge in [0.05, 0.1) is 34.8 Å². The van der Waals surface area contributed by atoms with Gasteiger partial charge in [-0.05, 0) is 42.5 Å². The number of benzene rings is 3. The van der Waals surface area contributed by atoms with Gasteiger partial charge in [-0.15, -0.1) is 0 Å². The highest BCUT2D eigenvalue weighted by Gasteiger charge is 2.12. The summed E-state index contributed by atoms with van der Waals surface area (Å²) in [6.07, 6.45) is 5.02. The number of halogens is 2. The third-order valence-electron chi connectivity index (χ3n) is 4.82. The third kappa shape index (κ3) is 4.38. The fourth-order valence-corrected chi connectivity index (χ4v) is 3.21. The number of carbonyl (C=O) groups is 1. The van der Waals surface area contributed by atoms with Crippen LogP contribution in [0.15, 0.2) is 79.3 Å². The number of hydrogen-bond acceptors (Lipinski definition) is 5. The van der Waals surface area contributed by atoms with Gasteiger partial charge in [-0.3, -0.25) is 14.9 Å². The van der Waals surface area contributed by atoms with E-state index in [0.717, 1.165) is 17.7 Å². The van der Waals surface area contributed by atoms with Crippen LogP contribution in [0.4, 0.5) is 14.5 Å². The Bertz CT molecular complexity index is 1470. The van der Waals surface area contributed by atoms with Crippen molar-refractivity contribution in [1.29, 1.82) is 0 Å². The molecule has 0 spiro atoms. The summed E-state index contributed by atoms with van der Waals surface area (Å²) in [5, 5.41) is 9.07. The Balaban J connectivity index is 1.35. The molecule has 0 aliphatic heterocycles. The first kappa shape index (κ1) is 20.3. The monoisotopic (exact) mass is 443 g/mol. The van der Waals surface area contributed by atoms with Crippen LogP contribution in [0.1, 0.15) is 10.4 Å². The van der Waals surface area contributed by atoms with E-state index in [1.807, 2.05) is 0 Å². The van der Waals surface area contributed by atoms with Crippen LogP contribution in [-0.2, 0) is 0 Å². The molecule has 0 fully saturated rings. The Morgan fingerprint density at radius 1 is 0.939 bits per heavy atom. The number of fused-ring (bicyclic) bond motifs is 1. The van der Waals surface area contributed by atoms with Gasteiger partial charge in [0.1, 0.15) is 23.1 Å². The van der Waals surface area contributed by atoms with E-state index >= 15 is 0 Å². The molecule has 33 heavy (non-hydrogen) atoms. The van der Waals surface area contributed by atoms with E-state index in [1.165, 1.54) is 30.3 Å². The normalized spacial score (nSPS) is 10.8. The van der Waals surface area contributed by atoms with E-state index in [-0.39, 0.29) is 17.0 Å². The van der Waals surface area contributed by atoms with Crippen LogP contribution in [-0.4, -0.2) is 26.1 Å². The first-order valence-corrected chi connectivity index (χ1v) is 9.85. The number of anilines is 1. The summed E-state index contributed by atoms with van der Waals surface area (Å²) in [4.78, 5) is 21.2. The van der Waals surface area contributed by atoms with Crippen LogP contribution in [0.5, 0.6) is 11.5 Å². The van der Waals surface area contributed by atoms with Crippen LogP contribution in [0.3, 0.4) is 0 Å². The topological polar surface area (TPSA) is 92.8 Å². The minimum atomic E-state index is -0.694. The molecule has 2 N–H and O–H groups in total. The zero-order valence-corrected chi connectivity index (χ0v) is 16.9. The Morgan fingerprint density at radius 3 is 2.58 bits per heavy atom. The third-order valence-corrected chi connectivity index (χ3v) is 4.82. The Kier molecular flexibility index (Phi) is 5.19. The van der Waals surface area contributed by atoms with Gasteiger partial charge >= 0.3 is 0 Å². The maximum absolute atomic E-state index is 14.6. The molecule has 0 atom stereocenters. The molecule has 0 aliphatic rings. The Morgan fingerprint density at radius 2 is 1.79 bits per heavy atom. The molecule has 0 saturated heterocycles. The van der Waals surface area contributed by atoms with Crippen LogP contribution in [0.2, 0.25) is 0 Å². The fraction of sp³-hybridized carbons (Fsp3) is 0. The molecule has 5 rings (SSSR count). The SMILES string of the molecule is O=C(Nc1ccc(Oc2ccc3ncc(-c4cn[nH]c4)nc3c2)cc1F)c1cccc(F)c1. The van der Waals surface area contributed by atoms with Crippen molar-refractivity contribution in [3.63, 3.8) is 0 Å². The predicted octanol–water partition coefficient (Wildman–Crippen LogP) is 5.34. The second-order valence-electron chi connectivity index (χ2n) is 7.10. The molecule has 3 aromatic carbocycles. The molecular weight excluding hydrogens is 428 g/mol. The van der Waals surface area contributed by atoms with E-state index in [9.17, 15) is 13.6 Å². The molecule has 7 nitrogen and oxygen atoms in total. The maximum atomic E-state index is 14.6. The number of nitrogens with one attached hydrogen (secondary N) is 2. The first-order valence-electron chi connectivity index (χ1n) is 9.85. The summed E-state index contributed by atoms with van der Waals surface area (Å²) in [6.45, 7) is 0. The molecule has 162 valence electrons. The second kappa shape index (κ2) is 8.46. The van der Waals surface area contributed by atoms with Gasteiger partial charge in [0, 0.05) is 29.5 Å². The largest absolute Gasteiger partial charge is 0.457 e. The number of rotatable bonds is 5. The van der Waals surface area contributed by atoms with E-state index in [1.54, 1.807) is 36.8 Å². The van der Waals surface area contributed by atoms with Crippen molar-refractivity contribution in [1.82, 2.24) is 20.2 Å². The zero-order chi connectivity index (χ0) is 22.8. The lowest BCUT2D eigenvalue weighted by atomic mass is 10.2. The van der Waals surface area contributed by atoms with Gasteiger partial charge in [-0.2, -0.15) is 5.10 Å². The van der Waals surface area contributed by atoms with Gasteiger partial charge in [0.2, 0.25) is 0 Å². The molecule has 9 heteroatoms. The minimum Gasteiger partial charge on any atom is -0.457 e. The molecule has 2 aromatic heterocycles. The molecule has 1 amide bonds. The van der Waals surface area contributed by atoms with Crippen molar-refractivity contribution in [2.45, 2.75) is 0 Å². The maximum Gasteiger partial charge on any atom is 0.255 e. The van der Waals surface area contributed by atoms with E-state index in [0.29, 0.717) is 22.5 Å².